The fourth-order valence-electron chi connectivity index (χ4n) is 6.91. The minimum Gasteiger partial charge on any atom is -0.472 e. The number of fused-ring (bicyclic) bond motifs is 4. The molecule has 13 nitrogen and oxygen atoms in total. The summed E-state index contributed by atoms with van der Waals surface area (Å²) in [5.74, 6) is -2.53. The van der Waals surface area contributed by atoms with Gasteiger partial charge in [0.15, 0.2) is 0 Å². The molecule has 3 heterocycles. The van der Waals surface area contributed by atoms with Crippen LogP contribution < -0.4 is 20.1 Å². The Balaban J connectivity index is 1.35. The van der Waals surface area contributed by atoms with Crippen molar-refractivity contribution in [3.05, 3.63) is 60.4 Å². The second-order valence-electron chi connectivity index (χ2n) is 15.6. The van der Waals surface area contributed by atoms with Crippen molar-refractivity contribution in [2.24, 2.45) is 0 Å². The van der Waals surface area contributed by atoms with E-state index in [9.17, 15) is 32.0 Å². The van der Waals surface area contributed by atoms with Crippen LogP contribution in [0.25, 0.3) is 21.7 Å². The summed E-state index contributed by atoms with van der Waals surface area (Å²) < 4.78 is 54.3. The van der Waals surface area contributed by atoms with Gasteiger partial charge in [-0.1, -0.05) is 49.3 Å². The van der Waals surface area contributed by atoms with Gasteiger partial charge in [-0.25, -0.2) is 22.6 Å². The number of carbonyl (C=O) groups is 4. The Morgan fingerprint density at radius 2 is 1.76 bits per heavy atom. The molecule has 4 atom stereocenters. The number of allylic oxidation sites excluding steroid dienone is 1. The summed E-state index contributed by atoms with van der Waals surface area (Å²) in [5.41, 5.74) is -1.93. The largest absolute Gasteiger partial charge is 0.472 e. The zero-order valence-electron chi connectivity index (χ0n) is 31.0. The number of pyridine rings is 1. The van der Waals surface area contributed by atoms with Gasteiger partial charge in [-0.05, 0) is 89.8 Å². The van der Waals surface area contributed by atoms with Crippen LogP contribution in [0.5, 0.6) is 5.88 Å². The first-order valence-corrected chi connectivity index (χ1v) is 20.1. The highest BCUT2D eigenvalue weighted by atomic mass is 32.2. The van der Waals surface area contributed by atoms with E-state index in [4.69, 9.17) is 9.47 Å². The van der Waals surface area contributed by atoms with E-state index in [0.717, 1.165) is 18.2 Å². The number of nitrogens with zero attached hydrogens (tertiary/aromatic N) is 2. The van der Waals surface area contributed by atoms with E-state index in [0.29, 0.717) is 42.0 Å². The first kappa shape index (κ1) is 38.9. The van der Waals surface area contributed by atoms with E-state index in [2.05, 4.69) is 20.3 Å². The predicted molar refractivity (Wildman–Crippen MR) is 200 cm³/mol. The lowest BCUT2D eigenvalue weighted by atomic mass is 9.95. The Morgan fingerprint density at radius 3 is 2.50 bits per heavy atom. The van der Waals surface area contributed by atoms with Crippen LogP contribution in [0.3, 0.4) is 0 Å². The second kappa shape index (κ2) is 15.5. The van der Waals surface area contributed by atoms with Crippen LogP contribution in [0.4, 0.5) is 9.18 Å². The number of rotatable bonds is 6. The number of hydrogen-bond donors (Lipinski definition) is 3. The molecule has 1 saturated heterocycles. The average Bonchev–Trinajstić information content (AvgIpc) is 3.88. The average molecular weight is 766 g/mol. The molecule has 2 aliphatic heterocycles. The molecule has 0 spiro atoms. The van der Waals surface area contributed by atoms with E-state index in [1.807, 2.05) is 24.3 Å². The summed E-state index contributed by atoms with van der Waals surface area (Å²) in [6.07, 6.45) is 5.84. The Bertz CT molecular complexity index is 2080. The smallest absolute Gasteiger partial charge is 0.408 e. The lowest BCUT2D eigenvalue weighted by Gasteiger charge is -2.33. The maximum atomic E-state index is 14.6. The summed E-state index contributed by atoms with van der Waals surface area (Å²) >= 11 is 0. The summed E-state index contributed by atoms with van der Waals surface area (Å²) in [6.45, 7) is 6.47. The number of aromatic nitrogens is 1. The fourth-order valence-corrected chi connectivity index (χ4v) is 8.32. The van der Waals surface area contributed by atoms with Gasteiger partial charge in [0.05, 0.1) is 17.3 Å². The molecule has 3 aromatic rings. The standard InChI is InChI=1S/C39H48FN5O8S/c1-38(2,3)53-37(49)42-31-15-9-7-5-6-8-12-20-39(4,36(48)44-54(50,51)26-17-18-26)43-33(46)32-22-25(23-45(32)35(31)47)52-34-29-21-24(40)16-19-27(29)28-13-10-11-14-30(28)41-34/h8,10-14,16,19,21,25-26,31-32H,5-7,9,15,17-18,20,22-23H2,1-4H3,(H,42,49)(H,43,46)(H,44,48). The molecule has 1 aromatic heterocycles. The summed E-state index contributed by atoms with van der Waals surface area (Å²) in [7, 11) is -3.94. The number of hydrogen-bond acceptors (Lipinski definition) is 9. The number of alkyl carbamates (subject to hydrolysis) is 1. The van der Waals surface area contributed by atoms with Gasteiger partial charge >= 0.3 is 6.09 Å². The molecule has 2 fully saturated rings. The van der Waals surface area contributed by atoms with Crippen molar-refractivity contribution in [1.82, 2.24) is 25.2 Å². The van der Waals surface area contributed by atoms with Crippen molar-refractivity contribution in [2.75, 3.05) is 6.54 Å². The Labute approximate surface area is 314 Å². The molecule has 0 bridgehead atoms. The number of ether oxygens (including phenoxy) is 2. The lowest BCUT2D eigenvalue weighted by Crippen LogP contribution is -2.61. The molecule has 4 unspecified atom stereocenters. The minimum absolute atomic E-state index is 0.00720. The molecule has 0 radical (unpaired) electrons. The lowest BCUT2D eigenvalue weighted by molar-refractivity contribution is -0.142. The number of halogens is 1. The van der Waals surface area contributed by atoms with E-state index in [-0.39, 0.29) is 31.7 Å². The van der Waals surface area contributed by atoms with Crippen LogP contribution in [0.15, 0.2) is 54.6 Å². The molecule has 1 aliphatic carbocycles. The molecule has 54 heavy (non-hydrogen) atoms. The highest BCUT2D eigenvalue weighted by Crippen LogP contribution is 2.34. The fraction of sp³-hybridized carbons (Fsp3) is 0.513. The zero-order valence-corrected chi connectivity index (χ0v) is 31.8. The van der Waals surface area contributed by atoms with Crippen molar-refractivity contribution in [2.45, 2.75) is 120 Å². The molecule has 2 aromatic carbocycles. The summed E-state index contributed by atoms with van der Waals surface area (Å²) in [6, 6.07) is 9.42. The maximum Gasteiger partial charge on any atom is 0.408 e. The number of nitrogens with one attached hydrogen (secondary N) is 3. The molecule has 1 saturated carbocycles. The number of benzene rings is 2. The van der Waals surface area contributed by atoms with Crippen LogP contribution in [0, 0.1) is 5.82 Å². The SMILES string of the molecule is CC(C)(C)OC(=O)NC1CCCCCC=CCC(C)(C(=O)NS(=O)(=O)C2CC2)NC(=O)C2CC(Oc3nc4ccccc4c4ccc(F)cc34)CN2C1=O. The van der Waals surface area contributed by atoms with Crippen molar-refractivity contribution in [3.8, 4) is 5.88 Å². The van der Waals surface area contributed by atoms with Gasteiger partial charge in [-0.2, -0.15) is 0 Å². The molecule has 3 N–H and O–H groups in total. The zero-order chi connectivity index (χ0) is 38.8. The molecule has 290 valence electrons. The number of amides is 4. The van der Waals surface area contributed by atoms with Crippen LogP contribution in [-0.4, -0.2) is 83.2 Å². The molecule has 6 rings (SSSR count). The van der Waals surface area contributed by atoms with Gasteiger partial charge in [-0.15, -0.1) is 0 Å². The third kappa shape index (κ3) is 9.11. The summed E-state index contributed by atoms with van der Waals surface area (Å²) in [4.78, 5) is 61.5. The molecule has 15 heteroatoms. The number of carbonyl (C=O) groups excluding carboxylic acids is 4. The Morgan fingerprint density at radius 1 is 1.00 bits per heavy atom. The van der Waals surface area contributed by atoms with Crippen molar-refractivity contribution < 1.29 is 41.5 Å². The van der Waals surface area contributed by atoms with E-state index < -0.39 is 74.2 Å². The van der Waals surface area contributed by atoms with Gasteiger partial charge in [0, 0.05) is 17.2 Å². The second-order valence-corrected chi connectivity index (χ2v) is 17.6. The van der Waals surface area contributed by atoms with E-state index in [1.54, 1.807) is 39.0 Å². The Kier molecular flexibility index (Phi) is 11.2. The quantitative estimate of drug-likeness (QED) is 0.226. The van der Waals surface area contributed by atoms with E-state index in [1.165, 1.54) is 24.0 Å². The first-order chi connectivity index (χ1) is 25.5. The topological polar surface area (TPSA) is 173 Å². The van der Waals surface area contributed by atoms with Gasteiger partial charge in [-0.3, -0.25) is 19.1 Å². The van der Waals surface area contributed by atoms with Crippen LogP contribution in [-0.2, 0) is 29.1 Å². The van der Waals surface area contributed by atoms with Crippen molar-refractivity contribution in [1.29, 1.82) is 0 Å². The third-order valence-electron chi connectivity index (χ3n) is 9.90. The number of para-hydroxylation sites is 1. The van der Waals surface area contributed by atoms with Gasteiger partial charge in [0.25, 0.3) is 5.91 Å². The van der Waals surface area contributed by atoms with Crippen LogP contribution in [0.1, 0.15) is 85.5 Å². The first-order valence-electron chi connectivity index (χ1n) is 18.5. The normalized spacial score (nSPS) is 24.6. The van der Waals surface area contributed by atoms with Crippen LogP contribution in [0.2, 0.25) is 0 Å². The van der Waals surface area contributed by atoms with E-state index >= 15 is 0 Å². The van der Waals surface area contributed by atoms with Crippen LogP contribution >= 0.6 is 0 Å². The monoisotopic (exact) mass is 765 g/mol. The molecular formula is C39H48FN5O8S. The molecule has 4 amide bonds. The van der Waals surface area contributed by atoms with Crippen molar-refractivity contribution in [3.63, 3.8) is 0 Å². The van der Waals surface area contributed by atoms with Crippen molar-refractivity contribution >= 4 is 55.5 Å². The third-order valence-corrected chi connectivity index (χ3v) is 11.7. The molecular weight excluding hydrogens is 718 g/mol. The predicted octanol–water partition coefficient (Wildman–Crippen LogP) is 5.16. The minimum atomic E-state index is -3.94. The summed E-state index contributed by atoms with van der Waals surface area (Å²) in [5, 5.41) is 6.73. The van der Waals surface area contributed by atoms with Gasteiger partial charge in [0.1, 0.15) is 35.1 Å². The highest BCUT2D eigenvalue weighted by Gasteiger charge is 2.47. The Hall–Kier alpha value is -4.79. The molecule has 3 aliphatic rings. The number of sulfonamides is 1. The van der Waals surface area contributed by atoms with Gasteiger partial charge in [0.2, 0.25) is 27.7 Å². The highest BCUT2D eigenvalue weighted by molar-refractivity contribution is 7.91. The maximum absolute atomic E-state index is 14.6. The van der Waals surface area contributed by atoms with Gasteiger partial charge < -0.3 is 25.0 Å².